The van der Waals surface area contributed by atoms with E-state index in [2.05, 4.69) is 6.92 Å². The lowest BCUT2D eigenvalue weighted by Crippen LogP contribution is -2.34. The van der Waals surface area contributed by atoms with Crippen LogP contribution in [0.2, 0.25) is 0 Å². The molecule has 0 heterocycles. The summed E-state index contributed by atoms with van der Waals surface area (Å²) in [6, 6.07) is 0. The number of aliphatic carboxylic acids is 4. The zero-order valence-electron chi connectivity index (χ0n) is 17.1. The Morgan fingerprint density at radius 2 is 1.21 bits per heavy atom. The number of rotatable bonds is 13. The second-order valence-electron chi connectivity index (χ2n) is 8.25. The Hall–Kier alpha value is -2.12. The topological polar surface area (TPSA) is 149 Å². The van der Waals surface area contributed by atoms with Crippen LogP contribution in [0, 0.1) is 29.6 Å². The maximum atomic E-state index is 11.5. The van der Waals surface area contributed by atoms with E-state index in [9.17, 15) is 39.6 Å². The second kappa shape index (κ2) is 12.4. The SMILES string of the molecule is CCCCCCC1CCCCC(CC(C(=O)O)C(=O)O)C1CC(C(=O)O)C(=O)O. The van der Waals surface area contributed by atoms with Crippen LogP contribution in [-0.2, 0) is 19.2 Å². The molecule has 0 aromatic carbocycles. The van der Waals surface area contributed by atoms with Crippen LogP contribution in [0.5, 0.6) is 0 Å². The van der Waals surface area contributed by atoms with Gasteiger partial charge in [0.05, 0.1) is 0 Å². The van der Waals surface area contributed by atoms with E-state index in [1.165, 1.54) is 0 Å². The summed E-state index contributed by atoms with van der Waals surface area (Å²) in [5.74, 6) is -9.28. The monoisotopic (exact) mass is 414 g/mol. The van der Waals surface area contributed by atoms with Gasteiger partial charge in [-0.25, -0.2) is 0 Å². The molecule has 0 aromatic rings. The minimum absolute atomic E-state index is 0.0836. The van der Waals surface area contributed by atoms with Crippen LogP contribution in [0.4, 0.5) is 0 Å². The molecule has 0 saturated heterocycles. The molecule has 0 aromatic heterocycles. The van der Waals surface area contributed by atoms with Crippen molar-refractivity contribution in [3.63, 3.8) is 0 Å². The van der Waals surface area contributed by atoms with Gasteiger partial charge in [-0.3, -0.25) is 19.2 Å². The molecule has 1 saturated carbocycles. The van der Waals surface area contributed by atoms with Gasteiger partial charge in [0.1, 0.15) is 0 Å². The van der Waals surface area contributed by atoms with E-state index in [4.69, 9.17) is 0 Å². The molecule has 0 bridgehead atoms. The summed E-state index contributed by atoms with van der Waals surface area (Å²) in [5, 5.41) is 37.3. The van der Waals surface area contributed by atoms with Crippen molar-refractivity contribution in [2.75, 3.05) is 0 Å². The Bertz CT molecular complexity index is 545. The summed E-state index contributed by atoms with van der Waals surface area (Å²) >= 11 is 0. The lowest BCUT2D eigenvalue weighted by molar-refractivity contribution is -0.159. The van der Waals surface area contributed by atoms with E-state index in [0.29, 0.717) is 6.42 Å². The predicted octanol–water partition coefficient (Wildman–Crippen LogP) is 3.73. The highest BCUT2D eigenvalue weighted by Gasteiger charge is 2.40. The summed E-state index contributed by atoms with van der Waals surface area (Å²) in [6.45, 7) is 2.10. The lowest BCUT2D eigenvalue weighted by atomic mass is 9.70. The van der Waals surface area contributed by atoms with Crippen LogP contribution in [0.15, 0.2) is 0 Å². The molecule has 0 aliphatic heterocycles. The number of unbranched alkanes of at least 4 members (excludes halogenated alkanes) is 3. The van der Waals surface area contributed by atoms with Crippen molar-refractivity contribution in [3.05, 3.63) is 0 Å². The first-order chi connectivity index (χ1) is 13.7. The second-order valence-corrected chi connectivity index (χ2v) is 8.25. The third-order valence-corrected chi connectivity index (χ3v) is 6.28. The van der Waals surface area contributed by atoms with Crippen LogP contribution in [-0.4, -0.2) is 44.3 Å². The Kier molecular flexibility index (Phi) is 10.7. The fourth-order valence-electron chi connectivity index (χ4n) is 4.68. The number of hydrogen-bond donors (Lipinski definition) is 4. The molecule has 1 aliphatic rings. The molecule has 1 fully saturated rings. The van der Waals surface area contributed by atoms with Gasteiger partial charge in [-0.1, -0.05) is 64.7 Å². The van der Waals surface area contributed by atoms with Gasteiger partial charge in [0, 0.05) is 0 Å². The van der Waals surface area contributed by atoms with Gasteiger partial charge in [0.2, 0.25) is 0 Å². The van der Waals surface area contributed by atoms with Gasteiger partial charge in [-0.2, -0.15) is 0 Å². The summed E-state index contributed by atoms with van der Waals surface area (Å²) in [7, 11) is 0. The van der Waals surface area contributed by atoms with Crippen LogP contribution >= 0.6 is 0 Å². The smallest absolute Gasteiger partial charge is 0.317 e. The summed E-state index contributed by atoms with van der Waals surface area (Å²) in [5.41, 5.74) is 0. The highest BCUT2D eigenvalue weighted by atomic mass is 16.4. The minimum atomic E-state index is -1.56. The number of carbonyl (C=O) groups is 4. The fraction of sp³-hybridized carbons (Fsp3) is 0.810. The maximum absolute atomic E-state index is 11.5. The third kappa shape index (κ3) is 8.03. The van der Waals surface area contributed by atoms with E-state index < -0.39 is 35.7 Å². The van der Waals surface area contributed by atoms with E-state index in [0.717, 1.165) is 51.4 Å². The zero-order valence-corrected chi connectivity index (χ0v) is 17.1. The Labute approximate surface area is 171 Å². The standard InChI is InChI=1S/C21H34O8/c1-2-3-4-5-8-13-9-6-7-10-14(11-16(18(22)23)19(24)25)15(13)12-17(20(26)27)21(28)29/h13-17H,2-12H2,1H3,(H,22,23)(H,24,25)(H,26,27)(H,28,29). The molecule has 0 radical (unpaired) electrons. The van der Waals surface area contributed by atoms with E-state index >= 15 is 0 Å². The highest BCUT2D eigenvalue weighted by Crippen LogP contribution is 2.43. The quantitative estimate of drug-likeness (QED) is 0.202. The van der Waals surface area contributed by atoms with Crippen LogP contribution in [0.3, 0.4) is 0 Å². The fourth-order valence-corrected chi connectivity index (χ4v) is 4.68. The zero-order chi connectivity index (χ0) is 22.0. The molecule has 8 heteroatoms. The largest absolute Gasteiger partial charge is 0.481 e. The third-order valence-electron chi connectivity index (χ3n) is 6.28. The summed E-state index contributed by atoms with van der Waals surface area (Å²) in [6.07, 6.45) is 7.97. The Balaban J connectivity index is 3.11. The number of hydrogen-bond acceptors (Lipinski definition) is 4. The van der Waals surface area contributed by atoms with E-state index in [-0.39, 0.29) is 30.6 Å². The number of carboxylic acids is 4. The van der Waals surface area contributed by atoms with Gasteiger partial charge >= 0.3 is 23.9 Å². The highest BCUT2D eigenvalue weighted by molar-refractivity contribution is 5.93. The van der Waals surface area contributed by atoms with Crippen molar-refractivity contribution in [3.8, 4) is 0 Å². The van der Waals surface area contributed by atoms with Crippen molar-refractivity contribution in [2.24, 2.45) is 29.6 Å². The van der Waals surface area contributed by atoms with Crippen LogP contribution < -0.4 is 0 Å². The lowest BCUT2D eigenvalue weighted by Gasteiger charge is -2.34. The normalized spacial score (nSPS) is 22.4. The Morgan fingerprint density at radius 1 is 0.724 bits per heavy atom. The molecule has 0 amide bonds. The first-order valence-corrected chi connectivity index (χ1v) is 10.6. The average Bonchev–Trinajstić information content (AvgIpc) is 2.81. The van der Waals surface area contributed by atoms with E-state index in [1.807, 2.05) is 0 Å². The van der Waals surface area contributed by atoms with Gasteiger partial charge in [0.15, 0.2) is 11.8 Å². The first-order valence-electron chi connectivity index (χ1n) is 10.6. The van der Waals surface area contributed by atoms with Gasteiger partial charge in [-0.15, -0.1) is 0 Å². The van der Waals surface area contributed by atoms with Crippen molar-refractivity contribution in [2.45, 2.75) is 77.6 Å². The first kappa shape index (κ1) is 24.9. The van der Waals surface area contributed by atoms with Gasteiger partial charge < -0.3 is 20.4 Å². The molecule has 166 valence electrons. The van der Waals surface area contributed by atoms with Crippen LogP contribution in [0.25, 0.3) is 0 Å². The molecule has 4 N–H and O–H groups in total. The molecular formula is C21H34O8. The molecule has 8 nitrogen and oxygen atoms in total. The van der Waals surface area contributed by atoms with Gasteiger partial charge in [-0.05, 0) is 30.6 Å². The molecular weight excluding hydrogens is 380 g/mol. The maximum Gasteiger partial charge on any atom is 0.317 e. The molecule has 1 rings (SSSR count). The molecule has 3 unspecified atom stereocenters. The molecule has 0 spiro atoms. The van der Waals surface area contributed by atoms with Crippen LogP contribution in [0.1, 0.15) is 77.6 Å². The summed E-state index contributed by atoms with van der Waals surface area (Å²) in [4.78, 5) is 45.8. The minimum Gasteiger partial charge on any atom is -0.481 e. The Morgan fingerprint density at radius 3 is 1.69 bits per heavy atom. The van der Waals surface area contributed by atoms with Gasteiger partial charge in [0.25, 0.3) is 0 Å². The number of carboxylic acid groups (broad SMARTS) is 4. The summed E-state index contributed by atoms with van der Waals surface area (Å²) < 4.78 is 0. The molecule has 3 atom stereocenters. The molecule has 29 heavy (non-hydrogen) atoms. The van der Waals surface area contributed by atoms with Crippen molar-refractivity contribution >= 4 is 23.9 Å². The van der Waals surface area contributed by atoms with Crippen molar-refractivity contribution in [1.29, 1.82) is 0 Å². The van der Waals surface area contributed by atoms with Crippen molar-refractivity contribution in [1.82, 2.24) is 0 Å². The predicted molar refractivity (Wildman–Crippen MR) is 104 cm³/mol. The van der Waals surface area contributed by atoms with Crippen molar-refractivity contribution < 1.29 is 39.6 Å². The molecule has 1 aliphatic carbocycles. The average molecular weight is 414 g/mol. The van der Waals surface area contributed by atoms with E-state index in [1.54, 1.807) is 0 Å².